The molecule has 0 aliphatic heterocycles. The number of anilines is 3. The molecular formula is C30H29N7O5. The summed E-state index contributed by atoms with van der Waals surface area (Å²) < 4.78 is 6.26. The minimum atomic E-state index is -1.39. The van der Waals surface area contributed by atoms with Crippen LogP contribution in [-0.2, 0) is 29.2 Å². The number of aromatic nitrogens is 4. The molecule has 12 nitrogen and oxygen atoms in total. The van der Waals surface area contributed by atoms with Crippen LogP contribution in [0.15, 0.2) is 89.9 Å². The van der Waals surface area contributed by atoms with E-state index in [4.69, 9.17) is 4.74 Å². The lowest BCUT2D eigenvalue weighted by Gasteiger charge is -2.17. The summed E-state index contributed by atoms with van der Waals surface area (Å²) in [4.78, 5) is 48.5. The monoisotopic (exact) mass is 567 g/mol. The molecule has 0 saturated heterocycles. The van der Waals surface area contributed by atoms with Gasteiger partial charge in [0.25, 0.3) is 0 Å². The van der Waals surface area contributed by atoms with Gasteiger partial charge in [-0.25, -0.2) is 19.4 Å². The van der Waals surface area contributed by atoms with Crippen LogP contribution in [0.25, 0.3) is 11.0 Å². The number of aryl methyl sites for hydroxylation is 1. The highest BCUT2D eigenvalue weighted by atomic mass is 16.5. The number of carboxylic acids is 1. The number of hydrogen-bond donors (Lipinski definition) is 5. The van der Waals surface area contributed by atoms with Crippen LogP contribution in [0.1, 0.15) is 16.7 Å². The van der Waals surface area contributed by atoms with Gasteiger partial charge in [0, 0.05) is 24.0 Å². The van der Waals surface area contributed by atoms with Crippen LogP contribution in [0, 0.1) is 6.92 Å². The third-order valence-electron chi connectivity index (χ3n) is 6.42. The van der Waals surface area contributed by atoms with Crippen molar-refractivity contribution in [1.29, 1.82) is 0 Å². The van der Waals surface area contributed by atoms with E-state index in [0.717, 1.165) is 32.4 Å². The molecule has 1 amide bonds. The van der Waals surface area contributed by atoms with Crippen LogP contribution < -0.4 is 21.6 Å². The number of fused-ring (bicyclic) bond motifs is 1. The average Bonchev–Trinajstić information content (AvgIpc) is 3.40. The van der Waals surface area contributed by atoms with Gasteiger partial charge in [-0.3, -0.25) is 4.57 Å². The first kappa shape index (κ1) is 27.9. The molecule has 5 N–H and O–H groups in total. The molecular weight excluding hydrogens is 538 g/mol. The Labute approximate surface area is 240 Å². The Bertz CT molecular complexity index is 1720. The third-order valence-corrected chi connectivity index (χ3v) is 6.42. The first-order chi connectivity index (χ1) is 20.3. The Hall–Kier alpha value is -5.65. The fourth-order valence-corrected chi connectivity index (χ4v) is 4.24. The van der Waals surface area contributed by atoms with Crippen LogP contribution in [0.5, 0.6) is 0 Å². The molecule has 1 atom stereocenters. The van der Waals surface area contributed by atoms with Crippen LogP contribution in [0.2, 0.25) is 0 Å². The number of H-pyrrole nitrogens is 1. The number of carbonyl (C=O) groups excluding carboxylic acids is 1. The van der Waals surface area contributed by atoms with E-state index in [1.165, 1.54) is 6.20 Å². The highest BCUT2D eigenvalue weighted by Gasteiger charge is 2.22. The van der Waals surface area contributed by atoms with Crippen molar-refractivity contribution < 1.29 is 19.4 Å². The highest BCUT2D eigenvalue weighted by Crippen LogP contribution is 2.19. The van der Waals surface area contributed by atoms with Gasteiger partial charge in [-0.15, -0.1) is 0 Å². The molecule has 0 aliphatic rings. The Balaban J connectivity index is 1.16. The number of nitrogens with zero attached hydrogens (tertiary/aromatic N) is 3. The summed E-state index contributed by atoms with van der Waals surface area (Å²) >= 11 is 0. The normalized spacial score (nSPS) is 11.5. The lowest BCUT2D eigenvalue weighted by atomic mass is 10.2. The largest absolute Gasteiger partial charge is 0.480 e. The maximum atomic E-state index is 12.7. The molecule has 5 aromatic rings. The molecule has 2 heterocycles. The van der Waals surface area contributed by atoms with Gasteiger partial charge in [0.1, 0.15) is 18.5 Å². The van der Waals surface area contributed by atoms with Crippen molar-refractivity contribution in [2.45, 2.75) is 32.7 Å². The zero-order chi connectivity index (χ0) is 29.5. The zero-order valence-electron chi connectivity index (χ0n) is 22.7. The number of hydrogen-bond acceptors (Lipinski definition) is 8. The van der Waals surface area contributed by atoms with Crippen molar-refractivity contribution in [2.24, 2.45) is 0 Å². The number of aromatic amines is 1. The highest BCUT2D eigenvalue weighted by molar-refractivity contribution is 5.80. The SMILES string of the molecule is Cc1cn(C[C@H](NC(=O)OCc2ccccc2)C(=O)O)c(=O)nc1NCc1ccc(Nc2nc3ccccc3[nH]2)cc1. The van der Waals surface area contributed by atoms with Crippen LogP contribution in [0.4, 0.5) is 22.2 Å². The summed E-state index contributed by atoms with van der Waals surface area (Å²) in [7, 11) is 0. The molecule has 0 unspecified atom stereocenters. The number of nitrogens with one attached hydrogen (secondary N) is 4. The second-order valence-electron chi connectivity index (χ2n) is 9.58. The number of carboxylic acid groups (broad SMARTS) is 1. The first-order valence-corrected chi connectivity index (χ1v) is 13.2. The maximum Gasteiger partial charge on any atom is 0.408 e. The van der Waals surface area contributed by atoms with E-state index in [9.17, 15) is 19.5 Å². The molecule has 5 rings (SSSR count). The predicted molar refractivity (Wildman–Crippen MR) is 158 cm³/mol. The number of aliphatic carboxylic acids is 1. The molecule has 3 aromatic carbocycles. The summed E-state index contributed by atoms with van der Waals surface area (Å²) in [5.41, 5.74) is 4.38. The number of amides is 1. The Morgan fingerprint density at radius 3 is 2.45 bits per heavy atom. The lowest BCUT2D eigenvalue weighted by molar-refractivity contribution is -0.139. The number of imidazole rings is 1. The second-order valence-corrected chi connectivity index (χ2v) is 9.58. The predicted octanol–water partition coefficient (Wildman–Crippen LogP) is 4.16. The summed E-state index contributed by atoms with van der Waals surface area (Å²) in [6.45, 7) is 1.83. The van der Waals surface area contributed by atoms with Crippen molar-refractivity contribution in [3.63, 3.8) is 0 Å². The molecule has 0 saturated carbocycles. The van der Waals surface area contributed by atoms with Gasteiger partial charge < -0.3 is 30.8 Å². The smallest absolute Gasteiger partial charge is 0.408 e. The minimum absolute atomic E-state index is 0.0134. The standard InChI is InChI=1S/C30H29N7O5/c1-19-16-37(17-25(27(38)39)35-30(41)42-18-21-7-3-2-4-8-21)29(40)36-26(19)31-15-20-11-13-22(14-12-20)32-28-33-23-9-5-6-10-24(23)34-28/h2-14,16,25H,15,17-18H2,1H3,(H,35,41)(H,38,39)(H,31,36,40)(H2,32,33,34)/t25-/m0/s1. The molecule has 0 spiro atoms. The van der Waals surface area contributed by atoms with E-state index in [2.05, 4.69) is 30.9 Å². The quantitative estimate of drug-likeness (QED) is 0.158. The van der Waals surface area contributed by atoms with Crippen molar-refractivity contribution in [3.05, 3.63) is 112 Å². The molecule has 0 bridgehead atoms. The van der Waals surface area contributed by atoms with Crippen LogP contribution in [-0.4, -0.2) is 42.7 Å². The number of carbonyl (C=O) groups is 2. The molecule has 0 aliphatic carbocycles. The molecule has 42 heavy (non-hydrogen) atoms. The van der Waals surface area contributed by atoms with E-state index in [-0.39, 0.29) is 13.2 Å². The fourth-order valence-electron chi connectivity index (χ4n) is 4.24. The minimum Gasteiger partial charge on any atom is -0.480 e. The molecule has 0 radical (unpaired) electrons. The van der Waals surface area contributed by atoms with Gasteiger partial charge in [0.2, 0.25) is 5.95 Å². The first-order valence-electron chi connectivity index (χ1n) is 13.2. The molecule has 214 valence electrons. The van der Waals surface area contributed by atoms with Gasteiger partial charge in [0.15, 0.2) is 0 Å². The lowest BCUT2D eigenvalue weighted by Crippen LogP contribution is -2.45. The number of benzene rings is 3. The number of ether oxygens (including phenoxy) is 1. The van der Waals surface area contributed by atoms with E-state index >= 15 is 0 Å². The molecule has 2 aromatic heterocycles. The Kier molecular flexibility index (Phi) is 8.42. The summed E-state index contributed by atoms with van der Waals surface area (Å²) in [6, 6.07) is 23.1. The van der Waals surface area contributed by atoms with E-state index < -0.39 is 23.8 Å². The topological polar surface area (TPSA) is 163 Å². The van der Waals surface area contributed by atoms with Gasteiger partial charge in [-0.2, -0.15) is 4.98 Å². The number of rotatable bonds is 11. The summed E-state index contributed by atoms with van der Waals surface area (Å²) in [6.07, 6.45) is 0.603. The van der Waals surface area contributed by atoms with Crippen LogP contribution in [0.3, 0.4) is 0 Å². The Morgan fingerprint density at radius 1 is 0.976 bits per heavy atom. The molecule has 0 fully saturated rings. The number of alkyl carbamates (subject to hydrolysis) is 1. The maximum absolute atomic E-state index is 12.7. The molecule has 12 heteroatoms. The van der Waals surface area contributed by atoms with E-state index in [1.54, 1.807) is 31.2 Å². The van der Waals surface area contributed by atoms with Crippen molar-refractivity contribution in [3.8, 4) is 0 Å². The Morgan fingerprint density at radius 2 is 1.71 bits per heavy atom. The average molecular weight is 568 g/mol. The summed E-state index contributed by atoms with van der Waals surface area (Å²) in [5.74, 6) is -0.286. The van der Waals surface area contributed by atoms with Crippen molar-refractivity contribution in [1.82, 2.24) is 24.8 Å². The zero-order valence-corrected chi connectivity index (χ0v) is 22.7. The van der Waals surface area contributed by atoms with Gasteiger partial charge in [-0.05, 0) is 42.3 Å². The van der Waals surface area contributed by atoms with Crippen LogP contribution >= 0.6 is 0 Å². The second kappa shape index (κ2) is 12.7. The van der Waals surface area contributed by atoms with Crippen molar-refractivity contribution in [2.75, 3.05) is 10.6 Å². The van der Waals surface area contributed by atoms with Gasteiger partial charge >= 0.3 is 17.8 Å². The van der Waals surface area contributed by atoms with E-state index in [1.807, 2.05) is 54.6 Å². The third kappa shape index (κ3) is 7.10. The number of para-hydroxylation sites is 2. The fraction of sp³-hybridized carbons (Fsp3) is 0.167. The summed E-state index contributed by atoms with van der Waals surface area (Å²) in [5, 5.41) is 18.3. The van der Waals surface area contributed by atoms with Gasteiger partial charge in [-0.1, -0.05) is 54.6 Å². The van der Waals surface area contributed by atoms with E-state index in [0.29, 0.717) is 23.9 Å². The van der Waals surface area contributed by atoms with Gasteiger partial charge in [0.05, 0.1) is 17.6 Å². The van der Waals surface area contributed by atoms with Crippen molar-refractivity contribution >= 4 is 40.5 Å².